The highest BCUT2D eigenvalue weighted by atomic mass is 32.2. The van der Waals surface area contributed by atoms with Crippen molar-refractivity contribution in [3.8, 4) is 0 Å². The van der Waals surface area contributed by atoms with Gasteiger partial charge in [0.25, 0.3) is 5.56 Å². The fourth-order valence-electron chi connectivity index (χ4n) is 4.42. The zero-order valence-electron chi connectivity index (χ0n) is 18.9. The standard InChI is InChI=1S/C25H24F3N3O3S/c1-29-35(34)21-14-18(25(26,27)28)11-12-19(21)16-7-9-17(10-8-16)22-20(23(32)31-24(33)30-22)13-15-5-3-2-4-6-15/h2-7,11-12,14,17,29H,8-10,13H2,1H3,(H2,30,31,32,33). The molecule has 10 heteroatoms. The van der Waals surface area contributed by atoms with Crippen molar-refractivity contribution in [1.82, 2.24) is 14.7 Å². The molecule has 2 unspecified atom stereocenters. The lowest BCUT2D eigenvalue weighted by molar-refractivity contribution is -0.137. The summed E-state index contributed by atoms with van der Waals surface area (Å²) >= 11 is 0. The Labute approximate surface area is 201 Å². The molecule has 3 aromatic rings. The fourth-order valence-corrected chi connectivity index (χ4v) is 5.27. The van der Waals surface area contributed by atoms with E-state index in [1.54, 1.807) is 0 Å². The maximum absolute atomic E-state index is 13.2. The van der Waals surface area contributed by atoms with Crippen molar-refractivity contribution in [1.29, 1.82) is 0 Å². The van der Waals surface area contributed by atoms with Gasteiger partial charge in [-0.3, -0.25) is 9.78 Å². The number of benzene rings is 2. The summed E-state index contributed by atoms with van der Waals surface area (Å²) in [4.78, 5) is 29.9. The minimum atomic E-state index is -4.54. The molecule has 0 aliphatic heterocycles. The monoisotopic (exact) mass is 503 g/mol. The second kappa shape index (κ2) is 10.2. The lowest BCUT2D eigenvalue weighted by Gasteiger charge is -2.25. The molecule has 1 aromatic heterocycles. The molecule has 1 heterocycles. The third kappa shape index (κ3) is 5.54. The second-order valence-corrected chi connectivity index (χ2v) is 9.73. The van der Waals surface area contributed by atoms with Crippen LogP contribution in [0.4, 0.5) is 13.2 Å². The molecular formula is C25H24F3N3O3S. The van der Waals surface area contributed by atoms with Crippen molar-refractivity contribution in [2.45, 2.75) is 42.7 Å². The Morgan fingerprint density at radius 3 is 2.46 bits per heavy atom. The van der Waals surface area contributed by atoms with E-state index in [1.807, 2.05) is 36.4 Å². The Kier molecular flexibility index (Phi) is 7.23. The number of nitrogens with one attached hydrogen (secondary N) is 3. The van der Waals surface area contributed by atoms with Gasteiger partial charge in [0, 0.05) is 23.6 Å². The van der Waals surface area contributed by atoms with E-state index in [9.17, 15) is 27.0 Å². The molecule has 184 valence electrons. The highest BCUT2D eigenvalue weighted by Gasteiger charge is 2.32. The minimum Gasteiger partial charge on any atom is -0.311 e. The Balaban J connectivity index is 1.67. The van der Waals surface area contributed by atoms with E-state index in [0.717, 1.165) is 23.3 Å². The summed E-state index contributed by atoms with van der Waals surface area (Å²) in [7, 11) is -0.390. The SMILES string of the molecule is CNS(=O)c1cc(C(F)(F)F)ccc1C1=CCC(c2[nH]c(=O)[nH]c(=O)c2Cc2ccccc2)CC1. The lowest BCUT2D eigenvalue weighted by atomic mass is 9.82. The molecule has 0 amide bonds. The smallest absolute Gasteiger partial charge is 0.311 e. The molecule has 1 aliphatic carbocycles. The van der Waals surface area contributed by atoms with Gasteiger partial charge < -0.3 is 4.98 Å². The van der Waals surface area contributed by atoms with E-state index < -0.39 is 34.0 Å². The number of allylic oxidation sites excluding steroid dienone is 2. The zero-order valence-corrected chi connectivity index (χ0v) is 19.7. The summed E-state index contributed by atoms with van der Waals surface area (Å²) < 4.78 is 54.6. The summed E-state index contributed by atoms with van der Waals surface area (Å²) in [6.07, 6.45) is -0.760. The van der Waals surface area contributed by atoms with Crippen LogP contribution in [0.1, 0.15) is 53.1 Å². The Morgan fingerprint density at radius 1 is 1.09 bits per heavy atom. The van der Waals surface area contributed by atoms with Gasteiger partial charge in [-0.05, 0) is 55.1 Å². The summed E-state index contributed by atoms with van der Waals surface area (Å²) in [6.45, 7) is 0. The third-order valence-corrected chi connectivity index (χ3v) is 7.27. The predicted molar refractivity (Wildman–Crippen MR) is 128 cm³/mol. The summed E-state index contributed by atoms with van der Waals surface area (Å²) in [5, 5.41) is 0. The number of rotatable bonds is 6. The Morgan fingerprint density at radius 2 is 1.83 bits per heavy atom. The Bertz CT molecular complexity index is 1390. The van der Waals surface area contributed by atoms with Gasteiger partial charge in [0.05, 0.1) is 10.5 Å². The van der Waals surface area contributed by atoms with Crippen molar-refractivity contribution in [3.05, 3.63) is 103 Å². The van der Waals surface area contributed by atoms with Crippen LogP contribution in [0.5, 0.6) is 0 Å². The second-order valence-electron chi connectivity index (χ2n) is 8.35. The van der Waals surface area contributed by atoms with E-state index in [0.29, 0.717) is 42.5 Å². The van der Waals surface area contributed by atoms with Gasteiger partial charge >= 0.3 is 11.9 Å². The maximum atomic E-state index is 13.2. The molecule has 2 atom stereocenters. The normalized spacial score (nSPS) is 17.1. The van der Waals surface area contributed by atoms with Gasteiger partial charge in [-0.1, -0.05) is 42.5 Å². The molecule has 1 aliphatic rings. The first-order valence-electron chi connectivity index (χ1n) is 11.1. The molecule has 0 fully saturated rings. The van der Waals surface area contributed by atoms with Crippen molar-refractivity contribution in [3.63, 3.8) is 0 Å². The van der Waals surface area contributed by atoms with Crippen LogP contribution in [0.15, 0.2) is 69.1 Å². The Hall–Kier alpha value is -3.24. The molecule has 4 rings (SSSR count). The topological polar surface area (TPSA) is 94.8 Å². The van der Waals surface area contributed by atoms with Crippen LogP contribution in [-0.4, -0.2) is 21.2 Å². The van der Waals surface area contributed by atoms with Crippen molar-refractivity contribution in [2.75, 3.05) is 7.05 Å². The van der Waals surface area contributed by atoms with Gasteiger partial charge in [-0.25, -0.2) is 13.7 Å². The van der Waals surface area contributed by atoms with Gasteiger partial charge in [-0.15, -0.1) is 0 Å². The van der Waals surface area contributed by atoms with Gasteiger partial charge in [0.15, 0.2) is 0 Å². The quantitative estimate of drug-likeness (QED) is 0.469. The van der Waals surface area contributed by atoms with Crippen molar-refractivity contribution >= 4 is 16.6 Å². The molecule has 0 spiro atoms. The highest BCUT2D eigenvalue weighted by molar-refractivity contribution is 7.83. The van der Waals surface area contributed by atoms with E-state index in [4.69, 9.17) is 0 Å². The van der Waals surface area contributed by atoms with Crippen molar-refractivity contribution < 1.29 is 17.4 Å². The molecule has 6 nitrogen and oxygen atoms in total. The molecule has 35 heavy (non-hydrogen) atoms. The highest BCUT2D eigenvalue weighted by Crippen LogP contribution is 2.39. The first kappa shape index (κ1) is 24.9. The average molecular weight is 504 g/mol. The molecular weight excluding hydrogens is 479 g/mol. The molecule has 2 aromatic carbocycles. The predicted octanol–water partition coefficient (Wildman–Crippen LogP) is 4.27. The molecule has 0 saturated heterocycles. The van der Waals surface area contributed by atoms with Crippen LogP contribution in [-0.2, 0) is 23.6 Å². The molecule has 0 radical (unpaired) electrons. The van der Waals surface area contributed by atoms with E-state index >= 15 is 0 Å². The summed E-state index contributed by atoms with van der Waals surface area (Å²) in [6, 6.07) is 12.7. The minimum absolute atomic E-state index is 0.0707. The van der Waals surface area contributed by atoms with Crippen LogP contribution >= 0.6 is 0 Å². The van der Waals surface area contributed by atoms with Crippen LogP contribution in [0.2, 0.25) is 0 Å². The van der Waals surface area contributed by atoms with Crippen LogP contribution in [0.25, 0.3) is 5.57 Å². The number of hydrogen-bond acceptors (Lipinski definition) is 3. The third-order valence-electron chi connectivity index (χ3n) is 6.16. The largest absolute Gasteiger partial charge is 0.416 e. The first-order valence-corrected chi connectivity index (χ1v) is 12.2. The number of hydrogen-bond donors (Lipinski definition) is 3. The number of aromatic nitrogens is 2. The zero-order chi connectivity index (χ0) is 25.2. The van der Waals surface area contributed by atoms with E-state index in [2.05, 4.69) is 14.7 Å². The van der Waals surface area contributed by atoms with Crippen molar-refractivity contribution in [2.24, 2.45) is 0 Å². The van der Waals surface area contributed by atoms with E-state index in [1.165, 1.54) is 13.1 Å². The molecule has 3 N–H and O–H groups in total. The van der Waals surface area contributed by atoms with Crippen LogP contribution in [0.3, 0.4) is 0 Å². The van der Waals surface area contributed by atoms with Crippen LogP contribution < -0.4 is 16.0 Å². The van der Waals surface area contributed by atoms with Crippen LogP contribution in [0, 0.1) is 0 Å². The number of aromatic amines is 2. The number of alkyl halides is 3. The average Bonchev–Trinajstić information content (AvgIpc) is 2.85. The summed E-state index contributed by atoms with van der Waals surface area (Å²) in [5.41, 5.74) is 1.40. The van der Waals surface area contributed by atoms with Gasteiger partial charge in [0.2, 0.25) is 0 Å². The number of H-pyrrole nitrogens is 2. The molecule has 0 saturated carbocycles. The first-order chi connectivity index (χ1) is 16.7. The van der Waals surface area contributed by atoms with Gasteiger partial charge in [0.1, 0.15) is 11.0 Å². The van der Waals surface area contributed by atoms with Gasteiger partial charge in [-0.2, -0.15) is 13.2 Å². The molecule has 0 bridgehead atoms. The fraction of sp³-hybridized carbons (Fsp3) is 0.280. The number of halogens is 3. The van der Waals surface area contributed by atoms with E-state index in [-0.39, 0.29) is 10.8 Å². The lowest BCUT2D eigenvalue weighted by Crippen LogP contribution is -2.30. The summed E-state index contributed by atoms with van der Waals surface area (Å²) in [5.74, 6) is -0.139. The maximum Gasteiger partial charge on any atom is 0.416 e.